The van der Waals surface area contributed by atoms with Gasteiger partial charge in [0.1, 0.15) is 17.4 Å². The van der Waals surface area contributed by atoms with Crippen LogP contribution in [0.4, 0.5) is 5.82 Å². The predicted molar refractivity (Wildman–Crippen MR) is 63.1 cm³/mol. The minimum Gasteiger partial charge on any atom is -0.497 e. The summed E-state index contributed by atoms with van der Waals surface area (Å²) in [5.41, 5.74) is 12.4. The van der Waals surface area contributed by atoms with Gasteiger partial charge >= 0.3 is 0 Å². The predicted octanol–water partition coefficient (Wildman–Crippen LogP) is 1.24. The number of ether oxygens (including phenoxy) is 1. The maximum atomic E-state index is 5.86. The van der Waals surface area contributed by atoms with Crippen molar-refractivity contribution in [3.8, 4) is 5.75 Å². The molecule has 0 aliphatic heterocycles. The number of anilines is 1. The summed E-state index contributed by atoms with van der Waals surface area (Å²) in [6.07, 6.45) is 0. The molecule has 0 bridgehead atoms. The van der Waals surface area contributed by atoms with Gasteiger partial charge in [-0.1, -0.05) is 0 Å². The Bertz CT molecular complexity index is 525. The van der Waals surface area contributed by atoms with E-state index in [-0.39, 0.29) is 6.04 Å². The van der Waals surface area contributed by atoms with Crippen LogP contribution in [0.3, 0.4) is 0 Å². The number of nitrogens with zero attached hydrogens (tertiary/aromatic N) is 2. The number of nitrogen functional groups attached to an aromatic ring is 1. The van der Waals surface area contributed by atoms with Crippen molar-refractivity contribution in [2.24, 2.45) is 5.73 Å². The third-order valence-electron chi connectivity index (χ3n) is 2.36. The van der Waals surface area contributed by atoms with E-state index in [1.807, 2.05) is 25.1 Å². The second kappa shape index (κ2) is 3.94. The molecule has 2 aromatic rings. The minimum absolute atomic E-state index is 0.228. The van der Waals surface area contributed by atoms with Crippen molar-refractivity contribution < 1.29 is 4.74 Å². The zero-order valence-electron chi connectivity index (χ0n) is 9.27. The van der Waals surface area contributed by atoms with Crippen molar-refractivity contribution in [2.45, 2.75) is 13.0 Å². The van der Waals surface area contributed by atoms with Gasteiger partial charge in [0.2, 0.25) is 0 Å². The second-order valence-electron chi connectivity index (χ2n) is 3.64. The van der Waals surface area contributed by atoms with Crippen LogP contribution in [0.1, 0.15) is 18.8 Å². The number of fused-ring (bicyclic) bond motifs is 1. The first-order valence-corrected chi connectivity index (χ1v) is 4.98. The molecule has 1 atom stereocenters. The number of rotatable bonds is 2. The van der Waals surface area contributed by atoms with Crippen LogP contribution < -0.4 is 16.2 Å². The number of aromatic nitrogens is 2. The van der Waals surface area contributed by atoms with E-state index in [1.165, 1.54) is 0 Å². The molecule has 1 aromatic carbocycles. The van der Waals surface area contributed by atoms with Gasteiger partial charge in [-0.3, -0.25) is 0 Å². The van der Waals surface area contributed by atoms with E-state index in [9.17, 15) is 0 Å². The molecule has 0 fully saturated rings. The van der Waals surface area contributed by atoms with E-state index < -0.39 is 0 Å². The largest absolute Gasteiger partial charge is 0.497 e. The lowest BCUT2D eigenvalue weighted by atomic mass is 10.2. The van der Waals surface area contributed by atoms with Gasteiger partial charge in [-0.05, 0) is 25.1 Å². The van der Waals surface area contributed by atoms with E-state index in [1.54, 1.807) is 7.11 Å². The van der Waals surface area contributed by atoms with Crippen molar-refractivity contribution in [3.63, 3.8) is 0 Å². The highest BCUT2D eigenvalue weighted by molar-refractivity contribution is 5.89. The Morgan fingerprint density at radius 2 is 2.06 bits per heavy atom. The van der Waals surface area contributed by atoms with Crippen molar-refractivity contribution in [1.29, 1.82) is 0 Å². The highest BCUT2D eigenvalue weighted by atomic mass is 16.5. The second-order valence-corrected chi connectivity index (χ2v) is 3.64. The number of hydrogen-bond acceptors (Lipinski definition) is 5. The fourth-order valence-corrected chi connectivity index (χ4v) is 1.48. The van der Waals surface area contributed by atoms with Crippen LogP contribution in [0, 0.1) is 0 Å². The summed E-state index contributed by atoms with van der Waals surface area (Å²) in [6, 6.07) is 5.27. The molecule has 4 N–H and O–H groups in total. The Labute approximate surface area is 93.4 Å². The van der Waals surface area contributed by atoms with Crippen LogP contribution in [0.25, 0.3) is 10.9 Å². The Hall–Kier alpha value is -1.88. The van der Waals surface area contributed by atoms with Crippen LogP contribution in [0.5, 0.6) is 5.75 Å². The average Bonchev–Trinajstić information content (AvgIpc) is 2.28. The molecule has 16 heavy (non-hydrogen) atoms. The molecule has 0 radical (unpaired) electrons. The summed E-state index contributed by atoms with van der Waals surface area (Å²) < 4.78 is 5.12. The van der Waals surface area contributed by atoms with Gasteiger partial charge in [0.05, 0.1) is 18.7 Å². The molecule has 0 saturated heterocycles. The first-order chi connectivity index (χ1) is 7.61. The van der Waals surface area contributed by atoms with Crippen molar-refractivity contribution in [3.05, 3.63) is 24.0 Å². The highest BCUT2D eigenvalue weighted by Crippen LogP contribution is 2.24. The Kier molecular flexibility index (Phi) is 2.62. The smallest absolute Gasteiger partial charge is 0.147 e. The van der Waals surface area contributed by atoms with Crippen LogP contribution in [0.2, 0.25) is 0 Å². The Morgan fingerprint density at radius 1 is 1.31 bits per heavy atom. The number of benzene rings is 1. The Balaban J connectivity index is 2.66. The maximum Gasteiger partial charge on any atom is 0.147 e. The number of methoxy groups -OCH3 is 1. The van der Waals surface area contributed by atoms with Crippen LogP contribution in [0.15, 0.2) is 18.2 Å². The summed E-state index contributed by atoms with van der Waals surface area (Å²) in [6.45, 7) is 1.82. The SMILES string of the molecule is COc1ccc2nc(C(C)N)nc(N)c2c1. The molecule has 1 heterocycles. The number of nitrogens with two attached hydrogens (primary N) is 2. The van der Waals surface area contributed by atoms with Crippen molar-refractivity contribution >= 4 is 16.7 Å². The van der Waals surface area contributed by atoms with Gasteiger partial charge in [0.15, 0.2) is 0 Å². The lowest BCUT2D eigenvalue weighted by molar-refractivity contribution is 0.415. The molecule has 2 rings (SSSR count). The molecule has 5 heteroatoms. The summed E-state index contributed by atoms with van der Waals surface area (Å²) in [7, 11) is 1.61. The molecule has 0 amide bonds. The van der Waals surface area contributed by atoms with E-state index in [4.69, 9.17) is 16.2 Å². The fourth-order valence-electron chi connectivity index (χ4n) is 1.48. The normalized spacial score (nSPS) is 12.7. The van der Waals surface area contributed by atoms with Crippen LogP contribution in [-0.2, 0) is 0 Å². The lowest BCUT2D eigenvalue weighted by Crippen LogP contribution is -2.11. The standard InChI is InChI=1S/C11H14N4O/c1-6(12)11-14-9-4-3-7(16-2)5-8(9)10(13)15-11/h3-6H,12H2,1-2H3,(H2,13,14,15). The monoisotopic (exact) mass is 218 g/mol. The molecule has 5 nitrogen and oxygen atoms in total. The third kappa shape index (κ3) is 1.77. The first kappa shape index (κ1) is 10.6. The summed E-state index contributed by atoms with van der Waals surface area (Å²) in [4.78, 5) is 8.50. The molecular weight excluding hydrogens is 204 g/mol. The average molecular weight is 218 g/mol. The quantitative estimate of drug-likeness (QED) is 0.791. The van der Waals surface area contributed by atoms with Crippen LogP contribution >= 0.6 is 0 Å². The van der Waals surface area contributed by atoms with Gasteiger partial charge in [0, 0.05) is 5.39 Å². The highest BCUT2D eigenvalue weighted by Gasteiger charge is 2.09. The fraction of sp³-hybridized carbons (Fsp3) is 0.273. The van der Waals surface area contributed by atoms with Crippen molar-refractivity contribution in [2.75, 3.05) is 12.8 Å². The topological polar surface area (TPSA) is 87.0 Å². The van der Waals surface area contributed by atoms with Gasteiger partial charge in [-0.25, -0.2) is 9.97 Å². The van der Waals surface area contributed by atoms with Crippen LogP contribution in [-0.4, -0.2) is 17.1 Å². The first-order valence-electron chi connectivity index (χ1n) is 4.98. The molecular formula is C11H14N4O. The molecule has 1 unspecified atom stereocenters. The van der Waals surface area contributed by atoms with E-state index >= 15 is 0 Å². The lowest BCUT2D eigenvalue weighted by Gasteiger charge is -2.08. The Morgan fingerprint density at radius 3 is 2.69 bits per heavy atom. The van der Waals surface area contributed by atoms with Gasteiger partial charge in [-0.15, -0.1) is 0 Å². The van der Waals surface area contributed by atoms with E-state index in [0.717, 1.165) is 16.7 Å². The van der Waals surface area contributed by atoms with Crippen molar-refractivity contribution in [1.82, 2.24) is 9.97 Å². The minimum atomic E-state index is -0.228. The summed E-state index contributed by atoms with van der Waals surface area (Å²) in [5, 5.41) is 0.781. The number of hydrogen-bond donors (Lipinski definition) is 2. The summed E-state index contributed by atoms with van der Waals surface area (Å²) >= 11 is 0. The molecule has 0 spiro atoms. The van der Waals surface area contributed by atoms with E-state index in [0.29, 0.717) is 11.6 Å². The van der Waals surface area contributed by atoms with E-state index in [2.05, 4.69) is 9.97 Å². The molecule has 0 aliphatic carbocycles. The third-order valence-corrected chi connectivity index (χ3v) is 2.36. The van der Waals surface area contributed by atoms with Gasteiger partial charge in [0.25, 0.3) is 0 Å². The zero-order valence-corrected chi connectivity index (χ0v) is 9.27. The molecule has 0 aliphatic rings. The molecule has 1 aromatic heterocycles. The maximum absolute atomic E-state index is 5.86. The van der Waals surface area contributed by atoms with Gasteiger partial charge in [-0.2, -0.15) is 0 Å². The van der Waals surface area contributed by atoms with Gasteiger partial charge < -0.3 is 16.2 Å². The zero-order chi connectivity index (χ0) is 11.7. The molecule has 0 saturated carbocycles. The molecule has 84 valence electrons. The summed E-state index contributed by atoms with van der Waals surface area (Å²) in [5.74, 6) is 1.71.